The van der Waals surface area contributed by atoms with Crippen LogP contribution in [0, 0.1) is 5.92 Å². The van der Waals surface area contributed by atoms with E-state index >= 15 is 0 Å². The Morgan fingerprint density at radius 2 is 1.86 bits per heavy atom. The molecule has 1 aromatic carbocycles. The Bertz CT molecular complexity index is 675. The molecule has 0 saturated carbocycles. The van der Waals surface area contributed by atoms with Gasteiger partial charge >= 0.3 is 0 Å². The monoisotopic (exact) mass is 332 g/mol. The molecule has 1 heterocycles. The van der Waals surface area contributed by atoms with Gasteiger partial charge < -0.3 is 5.32 Å². The molecule has 0 bridgehead atoms. The van der Waals surface area contributed by atoms with Crippen molar-refractivity contribution in [2.75, 3.05) is 29.8 Å². The van der Waals surface area contributed by atoms with E-state index in [2.05, 4.69) is 10.0 Å². The van der Waals surface area contributed by atoms with Gasteiger partial charge in [-0.25, -0.2) is 16.8 Å². The zero-order valence-corrected chi connectivity index (χ0v) is 13.5. The minimum atomic E-state index is -3.42. The number of nitrogens with one attached hydrogen (secondary N) is 2. The van der Waals surface area contributed by atoms with Crippen LogP contribution in [0.5, 0.6) is 0 Å². The Balaban J connectivity index is 2.02. The maximum absolute atomic E-state index is 12.1. The van der Waals surface area contributed by atoms with Crippen molar-refractivity contribution in [3.05, 3.63) is 24.3 Å². The van der Waals surface area contributed by atoms with Gasteiger partial charge in [0.2, 0.25) is 10.0 Å². The minimum Gasteiger partial charge on any atom is -0.316 e. The molecule has 2 N–H and O–H groups in total. The maximum atomic E-state index is 12.1. The fourth-order valence-electron chi connectivity index (χ4n) is 2.37. The molecule has 2 rings (SSSR count). The van der Waals surface area contributed by atoms with Crippen LogP contribution in [0.4, 0.5) is 5.69 Å². The quantitative estimate of drug-likeness (QED) is 0.833. The Morgan fingerprint density at radius 3 is 2.38 bits per heavy atom. The summed E-state index contributed by atoms with van der Waals surface area (Å²) in [7, 11) is -6.69. The highest BCUT2D eigenvalue weighted by Gasteiger charge is 2.21. The molecule has 1 aliphatic heterocycles. The van der Waals surface area contributed by atoms with E-state index in [1.165, 1.54) is 24.3 Å². The molecule has 0 amide bonds. The molecule has 0 aliphatic carbocycles. The second-order valence-electron chi connectivity index (χ2n) is 5.39. The maximum Gasteiger partial charge on any atom is 0.233 e. The zero-order valence-electron chi connectivity index (χ0n) is 11.9. The third kappa shape index (κ3) is 4.98. The lowest BCUT2D eigenvalue weighted by Crippen LogP contribution is -2.35. The zero-order chi connectivity index (χ0) is 15.5. The topological polar surface area (TPSA) is 92.3 Å². The first-order valence-electron chi connectivity index (χ1n) is 6.78. The van der Waals surface area contributed by atoms with E-state index in [-0.39, 0.29) is 16.6 Å². The molecule has 1 fully saturated rings. The van der Waals surface area contributed by atoms with Crippen LogP contribution in [0.2, 0.25) is 0 Å². The largest absolute Gasteiger partial charge is 0.316 e. The third-order valence-electron chi connectivity index (χ3n) is 3.41. The van der Waals surface area contributed by atoms with Crippen LogP contribution in [-0.4, -0.2) is 41.9 Å². The summed E-state index contributed by atoms with van der Waals surface area (Å²) in [5.41, 5.74) is 0.381. The molecule has 21 heavy (non-hydrogen) atoms. The second kappa shape index (κ2) is 6.33. The lowest BCUT2D eigenvalue weighted by atomic mass is 10.0. The van der Waals surface area contributed by atoms with Gasteiger partial charge in [-0.3, -0.25) is 4.72 Å². The normalized spacial score (nSPS) is 20.1. The molecule has 6 nitrogen and oxygen atoms in total. The number of hydrogen-bond acceptors (Lipinski definition) is 5. The van der Waals surface area contributed by atoms with Gasteiger partial charge in [0.25, 0.3) is 0 Å². The van der Waals surface area contributed by atoms with Gasteiger partial charge in [0.05, 0.1) is 10.6 Å². The van der Waals surface area contributed by atoms with Gasteiger partial charge in [0.1, 0.15) is 0 Å². The summed E-state index contributed by atoms with van der Waals surface area (Å²) in [6, 6.07) is 5.73. The summed E-state index contributed by atoms with van der Waals surface area (Å²) in [5, 5.41) is 3.19. The summed E-state index contributed by atoms with van der Waals surface area (Å²) in [4.78, 5) is 0.168. The number of sulfone groups is 1. The molecule has 118 valence electrons. The summed E-state index contributed by atoms with van der Waals surface area (Å²) in [6.45, 7) is 1.66. The molecular formula is C13H20N2O4S2. The number of piperidine rings is 1. The predicted molar refractivity (Wildman–Crippen MR) is 82.6 cm³/mol. The average molecular weight is 332 g/mol. The van der Waals surface area contributed by atoms with Crippen LogP contribution in [0.25, 0.3) is 0 Å². The average Bonchev–Trinajstić information content (AvgIpc) is 2.38. The van der Waals surface area contributed by atoms with Crippen molar-refractivity contribution in [3.63, 3.8) is 0 Å². The van der Waals surface area contributed by atoms with Crippen LogP contribution in [0.1, 0.15) is 12.8 Å². The van der Waals surface area contributed by atoms with E-state index in [0.717, 1.165) is 25.6 Å². The number of anilines is 1. The smallest absolute Gasteiger partial charge is 0.233 e. The van der Waals surface area contributed by atoms with Crippen LogP contribution < -0.4 is 10.0 Å². The van der Waals surface area contributed by atoms with Crippen molar-refractivity contribution in [2.45, 2.75) is 17.7 Å². The molecule has 0 spiro atoms. The van der Waals surface area contributed by atoms with Crippen molar-refractivity contribution in [3.8, 4) is 0 Å². The van der Waals surface area contributed by atoms with Crippen LogP contribution >= 0.6 is 0 Å². The number of benzene rings is 1. The van der Waals surface area contributed by atoms with Crippen LogP contribution in [-0.2, 0) is 19.9 Å². The van der Waals surface area contributed by atoms with E-state index in [1.54, 1.807) is 0 Å². The highest BCUT2D eigenvalue weighted by atomic mass is 32.2. The fourth-order valence-corrected chi connectivity index (χ4v) is 4.48. The molecule has 1 unspecified atom stereocenters. The van der Waals surface area contributed by atoms with Gasteiger partial charge in [-0.2, -0.15) is 0 Å². The summed E-state index contributed by atoms with van der Waals surface area (Å²) in [6.07, 6.45) is 3.01. The van der Waals surface area contributed by atoms with Crippen molar-refractivity contribution in [2.24, 2.45) is 5.92 Å². The summed E-state index contributed by atoms with van der Waals surface area (Å²) < 4.78 is 49.4. The number of rotatable bonds is 5. The standard InChI is InChI=1S/C13H20N2O4S2/c1-20(16,17)13-6-4-12(5-7-13)15-21(18,19)10-11-3-2-8-14-9-11/h4-7,11,14-15H,2-3,8-10H2,1H3. The first kappa shape index (κ1) is 16.3. The molecule has 8 heteroatoms. The molecule has 0 aromatic heterocycles. The first-order valence-corrected chi connectivity index (χ1v) is 10.3. The highest BCUT2D eigenvalue weighted by Crippen LogP contribution is 2.17. The van der Waals surface area contributed by atoms with Crippen molar-refractivity contribution < 1.29 is 16.8 Å². The Morgan fingerprint density at radius 1 is 1.19 bits per heavy atom. The van der Waals surface area contributed by atoms with Crippen LogP contribution in [0.15, 0.2) is 29.2 Å². The second-order valence-corrected chi connectivity index (χ2v) is 9.18. The Kier molecular flexibility index (Phi) is 4.90. The van der Waals surface area contributed by atoms with Gasteiger partial charge in [-0.15, -0.1) is 0 Å². The van der Waals surface area contributed by atoms with Gasteiger partial charge in [-0.05, 0) is 56.1 Å². The van der Waals surface area contributed by atoms with Crippen LogP contribution in [0.3, 0.4) is 0 Å². The van der Waals surface area contributed by atoms with Crippen molar-refractivity contribution in [1.29, 1.82) is 0 Å². The molecule has 1 aromatic rings. The third-order valence-corrected chi connectivity index (χ3v) is 6.00. The molecular weight excluding hydrogens is 312 g/mol. The SMILES string of the molecule is CS(=O)(=O)c1ccc(NS(=O)(=O)CC2CCCNC2)cc1. The molecule has 1 saturated heterocycles. The van der Waals surface area contributed by atoms with E-state index in [0.29, 0.717) is 12.2 Å². The Hall–Kier alpha value is -1.12. The molecule has 1 aliphatic rings. The molecule has 0 radical (unpaired) electrons. The number of sulfonamides is 1. The lowest BCUT2D eigenvalue weighted by molar-refractivity contribution is 0.404. The van der Waals surface area contributed by atoms with Gasteiger partial charge in [0, 0.05) is 11.9 Å². The summed E-state index contributed by atoms with van der Waals surface area (Å²) >= 11 is 0. The van der Waals surface area contributed by atoms with Crippen molar-refractivity contribution in [1.82, 2.24) is 5.32 Å². The lowest BCUT2D eigenvalue weighted by Gasteiger charge is -2.22. The Labute approximate surface area is 125 Å². The van der Waals surface area contributed by atoms with E-state index in [1.807, 2.05) is 0 Å². The van der Waals surface area contributed by atoms with Gasteiger partial charge in [0.15, 0.2) is 9.84 Å². The van der Waals surface area contributed by atoms with Crippen molar-refractivity contribution >= 4 is 25.5 Å². The minimum absolute atomic E-state index is 0.0772. The van der Waals surface area contributed by atoms with E-state index in [9.17, 15) is 16.8 Å². The predicted octanol–water partition coefficient (Wildman–Crippen LogP) is 0.831. The summed E-state index contributed by atoms with van der Waals surface area (Å²) in [5.74, 6) is 0.194. The fraction of sp³-hybridized carbons (Fsp3) is 0.538. The number of hydrogen-bond donors (Lipinski definition) is 2. The van der Waals surface area contributed by atoms with E-state index in [4.69, 9.17) is 0 Å². The molecule has 1 atom stereocenters. The highest BCUT2D eigenvalue weighted by molar-refractivity contribution is 7.92. The van der Waals surface area contributed by atoms with Gasteiger partial charge in [-0.1, -0.05) is 0 Å². The first-order chi connectivity index (χ1) is 9.76. The van der Waals surface area contributed by atoms with E-state index < -0.39 is 19.9 Å².